The smallest absolute Gasteiger partial charge is 0.321 e. The van der Waals surface area contributed by atoms with Gasteiger partial charge in [0, 0.05) is 12.0 Å². The van der Waals surface area contributed by atoms with Crippen LogP contribution in [0.3, 0.4) is 0 Å². The second kappa shape index (κ2) is 4.08. The normalized spacial score (nSPS) is 18.3. The van der Waals surface area contributed by atoms with E-state index in [0.29, 0.717) is 18.4 Å². The molecule has 1 unspecified atom stereocenters. The Bertz CT molecular complexity index is 524. The fraction of sp³-hybridized carbons (Fsp3) is 0.333. The number of ether oxygens (including phenoxy) is 1. The van der Waals surface area contributed by atoms with Crippen molar-refractivity contribution in [1.29, 1.82) is 0 Å². The summed E-state index contributed by atoms with van der Waals surface area (Å²) in [5, 5.41) is 7.00. The van der Waals surface area contributed by atoms with Crippen LogP contribution >= 0.6 is 0 Å². The maximum Gasteiger partial charge on any atom is 0.321 e. The standard InChI is InChI=1S/C12H13N3O2/c1-8-13-12(17-15-8)14-10-6-7-16-11-5-3-2-4-9(10)11/h2-5,10H,6-7H2,1H3,(H,13,14,15). The first-order valence-corrected chi connectivity index (χ1v) is 5.61. The summed E-state index contributed by atoms with van der Waals surface area (Å²) >= 11 is 0. The first-order chi connectivity index (χ1) is 8.33. The lowest BCUT2D eigenvalue weighted by Crippen LogP contribution is -2.20. The van der Waals surface area contributed by atoms with E-state index in [1.165, 1.54) is 0 Å². The lowest BCUT2D eigenvalue weighted by molar-refractivity contribution is 0.272. The molecule has 1 atom stereocenters. The summed E-state index contributed by atoms with van der Waals surface area (Å²) in [6.45, 7) is 2.49. The number of hydrogen-bond donors (Lipinski definition) is 1. The molecule has 0 fully saturated rings. The molecule has 3 rings (SSSR count). The van der Waals surface area contributed by atoms with Gasteiger partial charge in [0.2, 0.25) is 0 Å². The third kappa shape index (κ3) is 1.95. The molecule has 0 amide bonds. The highest BCUT2D eigenvalue weighted by Gasteiger charge is 2.22. The van der Waals surface area contributed by atoms with Gasteiger partial charge in [-0.3, -0.25) is 0 Å². The van der Waals surface area contributed by atoms with Gasteiger partial charge in [0.15, 0.2) is 5.82 Å². The first-order valence-electron chi connectivity index (χ1n) is 5.61. The van der Waals surface area contributed by atoms with Crippen molar-refractivity contribution in [1.82, 2.24) is 10.1 Å². The minimum Gasteiger partial charge on any atom is -0.493 e. The molecular weight excluding hydrogens is 218 g/mol. The molecule has 1 aliphatic rings. The van der Waals surface area contributed by atoms with Gasteiger partial charge in [-0.05, 0) is 13.0 Å². The number of aromatic nitrogens is 2. The van der Waals surface area contributed by atoms with Crippen LogP contribution in [0.2, 0.25) is 0 Å². The molecule has 88 valence electrons. The summed E-state index contributed by atoms with van der Waals surface area (Å²) in [7, 11) is 0. The Hall–Kier alpha value is -2.04. The van der Waals surface area contributed by atoms with E-state index in [4.69, 9.17) is 9.26 Å². The first kappa shape index (κ1) is 10.1. The van der Waals surface area contributed by atoms with Crippen molar-refractivity contribution in [3.8, 4) is 5.75 Å². The van der Waals surface area contributed by atoms with Gasteiger partial charge < -0.3 is 14.6 Å². The molecule has 0 saturated heterocycles. The largest absolute Gasteiger partial charge is 0.493 e. The van der Waals surface area contributed by atoms with E-state index in [-0.39, 0.29) is 6.04 Å². The molecule has 5 heteroatoms. The average Bonchev–Trinajstić information content (AvgIpc) is 2.75. The highest BCUT2D eigenvalue weighted by Crippen LogP contribution is 2.33. The van der Waals surface area contributed by atoms with Crippen LogP contribution in [0.15, 0.2) is 28.8 Å². The van der Waals surface area contributed by atoms with Gasteiger partial charge >= 0.3 is 6.01 Å². The van der Waals surface area contributed by atoms with E-state index in [0.717, 1.165) is 17.7 Å². The zero-order valence-corrected chi connectivity index (χ0v) is 9.51. The molecule has 0 saturated carbocycles. The monoisotopic (exact) mass is 231 g/mol. The third-order valence-corrected chi connectivity index (χ3v) is 2.78. The van der Waals surface area contributed by atoms with Crippen LogP contribution in [0.4, 0.5) is 6.01 Å². The van der Waals surface area contributed by atoms with Crippen LogP contribution in [0.5, 0.6) is 5.75 Å². The second-order valence-corrected chi connectivity index (χ2v) is 4.02. The Kier molecular flexibility index (Phi) is 2.44. The predicted molar refractivity (Wildman–Crippen MR) is 62.0 cm³/mol. The summed E-state index contributed by atoms with van der Waals surface area (Å²) in [6.07, 6.45) is 0.887. The summed E-state index contributed by atoms with van der Waals surface area (Å²) in [5.74, 6) is 1.56. The Morgan fingerprint density at radius 1 is 1.35 bits per heavy atom. The number of aryl methyl sites for hydroxylation is 1. The van der Waals surface area contributed by atoms with Crippen molar-refractivity contribution in [2.75, 3.05) is 11.9 Å². The Balaban J connectivity index is 1.85. The fourth-order valence-electron chi connectivity index (χ4n) is 2.00. The molecule has 0 spiro atoms. The minimum absolute atomic E-state index is 0.166. The van der Waals surface area contributed by atoms with Crippen molar-refractivity contribution < 1.29 is 9.26 Å². The molecule has 0 aliphatic carbocycles. The number of nitrogens with zero attached hydrogens (tertiary/aromatic N) is 2. The molecule has 1 aromatic heterocycles. The summed E-state index contributed by atoms with van der Waals surface area (Å²) in [4.78, 5) is 4.15. The van der Waals surface area contributed by atoms with Crippen molar-refractivity contribution in [3.63, 3.8) is 0 Å². The molecule has 2 heterocycles. The predicted octanol–water partition coefficient (Wildman–Crippen LogP) is 2.31. The van der Waals surface area contributed by atoms with Crippen molar-refractivity contribution in [2.45, 2.75) is 19.4 Å². The summed E-state index contributed by atoms with van der Waals surface area (Å²) < 4.78 is 10.7. The lowest BCUT2D eigenvalue weighted by atomic mass is 10.0. The summed E-state index contributed by atoms with van der Waals surface area (Å²) in [6, 6.07) is 8.63. The highest BCUT2D eigenvalue weighted by molar-refractivity contribution is 5.41. The zero-order valence-electron chi connectivity index (χ0n) is 9.51. The maximum absolute atomic E-state index is 5.59. The van der Waals surface area contributed by atoms with E-state index in [1.54, 1.807) is 6.92 Å². The number of anilines is 1. The van der Waals surface area contributed by atoms with Crippen LogP contribution < -0.4 is 10.1 Å². The third-order valence-electron chi connectivity index (χ3n) is 2.78. The van der Waals surface area contributed by atoms with Crippen LogP contribution in [0.25, 0.3) is 0 Å². The molecule has 1 N–H and O–H groups in total. The molecule has 0 radical (unpaired) electrons. The van der Waals surface area contributed by atoms with E-state index >= 15 is 0 Å². The molecule has 1 aromatic carbocycles. The summed E-state index contributed by atoms with van der Waals surface area (Å²) in [5.41, 5.74) is 1.13. The number of benzene rings is 1. The van der Waals surface area contributed by atoms with Gasteiger partial charge in [0.25, 0.3) is 0 Å². The molecule has 2 aromatic rings. The lowest BCUT2D eigenvalue weighted by Gasteiger charge is -2.25. The van der Waals surface area contributed by atoms with Gasteiger partial charge in [0.05, 0.1) is 12.6 Å². The molecule has 0 bridgehead atoms. The van der Waals surface area contributed by atoms with Gasteiger partial charge in [-0.15, -0.1) is 0 Å². The average molecular weight is 231 g/mol. The molecule has 17 heavy (non-hydrogen) atoms. The molecule has 5 nitrogen and oxygen atoms in total. The van der Waals surface area contributed by atoms with E-state index in [9.17, 15) is 0 Å². The van der Waals surface area contributed by atoms with Crippen molar-refractivity contribution in [2.24, 2.45) is 0 Å². The Morgan fingerprint density at radius 2 is 2.24 bits per heavy atom. The van der Waals surface area contributed by atoms with E-state index in [1.807, 2.05) is 18.2 Å². The van der Waals surface area contributed by atoms with Crippen LogP contribution in [-0.4, -0.2) is 16.7 Å². The maximum atomic E-state index is 5.59. The number of hydrogen-bond acceptors (Lipinski definition) is 5. The van der Waals surface area contributed by atoms with Gasteiger partial charge in [0.1, 0.15) is 5.75 Å². The number of fused-ring (bicyclic) bond motifs is 1. The number of rotatable bonds is 2. The van der Waals surface area contributed by atoms with Crippen LogP contribution in [0, 0.1) is 6.92 Å². The van der Waals surface area contributed by atoms with Crippen molar-refractivity contribution in [3.05, 3.63) is 35.7 Å². The van der Waals surface area contributed by atoms with Crippen LogP contribution in [-0.2, 0) is 0 Å². The number of para-hydroxylation sites is 1. The quantitative estimate of drug-likeness (QED) is 0.859. The van der Waals surface area contributed by atoms with Gasteiger partial charge in [-0.25, -0.2) is 0 Å². The number of nitrogens with one attached hydrogen (secondary N) is 1. The Labute approximate surface area is 98.8 Å². The minimum atomic E-state index is 0.166. The molecule has 1 aliphatic heterocycles. The van der Waals surface area contributed by atoms with Gasteiger partial charge in [-0.2, -0.15) is 4.98 Å². The van der Waals surface area contributed by atoms with E-state index < -0.39 is 0 Å². The SMILES string of the molecule is Cc1noc(NC2CCOc3ccccc32)n1. The topological polar surface area (TPSA) is 60.2 Å². The van der Waals surface area contributed by atoms with E-state index in [2.05, 4.69) is 21.5 Å². The van der Waals surface area contributed by atoms with Gasteiger partial charge in [-0.1, -0.05) is 23.4 Å². The Morgan fingerprint density at radius 3 is 3.06 bits per heavy atom. The van der Waals surface area contributed by atoms with Crippen molar-refractivity contribution >= 4 is 6.01 Å². The zero-order chi connectivity index (χ0) is 11.7. The highest BCUT2D eigenvalue weighted by atomic mass is 16.5. The second-order valence-electron chi connectivity index (χ2n) is 4.02. The van der Waals surface area contributed by atoms with Crippen LogP contribution in [0.1, 0.15) is 23.9 Å². The molecular formula is C12H13N3O2. The fourth-order valence-corrected chi connectivity index (χ4v) is 2.00.